The predicted molar refractivity (Wildman–Crippen MR) is 95.4 cm³/mol. The monoisotopic (exact) mass is 354 g/mol. The molecule has 8 heteroatoms. The summed E-state index contributed by atoms with van der Waals surface area (Å²) in [7, 11) is 4.70. The van der Waals surface area contributed by atoms with Gasteiger partial charge in [-0.2, -0.15) is 0 Å². The summed E-state index contributed by atoms with van der Waals surface area (Å²) in [6, 6.07) is 7.48. The second-order valence-electron chi connectivity index (χ2n) is 6.31. The van der Waals surface area contributed by atoms with Crippen LogP contribution >= 0.6 is 0 Å². The number of benzene rings is 1. The third-order valence-corrected chi connectivity index (χ3v) is 4.87. The Bertz CT molecular complexity index is 1120. The van der Waals surface area contributed by atoms with Crippen molar-refractivity contribution in [2.75, 3.05) is 12.4 Å². The van der Waals surface area contributed by atoms with Gasteiger partial charge in [-0.05, 0) is 24.6 Å². The maximum atomic E-state index is 13.0. The van der Waals surface area contributed by atoms with Crippen LogP contribution in [-0.2, 0) is 14.1 Å². The summed E-state index contributed by atoms with van der Waals surface area (Å²) >= 11 is 0. The van der Waals surface area contributed by atoms with Gasteiger partial charge in [-0.15, -0.1) is 0 Å². The zero-order chi connectivity index (χ0) is 18.6. The molecule has 0 saturated heterocycles. The average Bonchev–Trinajstić information content (AvgIpc) is 3.04. The first-order valence-electron chi connectivity index (χ1n) is 8.11. The Morgan fingerprint density at radius 2 is 1.81 bits per heavy atom. The topological polar surface area (TPSA) is 91.3 Å². The minimum atomic E-state index is -0.408. The number of aryl methyl sites for hydroxylation is 1. The van der Waals surface area contributed by atoms with E-state index in [0.717, 1.165) is 21.4 Å². The zero-order valence-electron chi connectivity index (χ0n) is 14.9. The summed E-state index contributed by atoms with van der Waals surface area (Å²) in [4.78, 5) is 25.3. The first kappa shape index (κ1) is 16.2. The van der Waals surface area contributed by atoms with Crippen molar-refractivity contribution in [3.05, 3.63) is 67.5 Å². The van der Waals surface area contributed by atoms with E-state index in [1.165, 1.54) is 11.6 Å². The Morgan fingerprint density at radius 1 is 1.12 bits per heavy atom. The smallest absolute Gasteiger partial charge is 0.332 e. The van der Waals surface area contributed by atoms with Gasteiger partial charge < -0.3 is 14.6 Å². The van der Waals surface area contributed by atoms with Gasteiger partial charge in [-0.1, -0.05) is 17.3 Å². The van der Waals surface area contributed by atoms with Crippen LogP contribution < -0.4 is 21.3 Å². The lowest BCUT2D eigenvalue weighted by molar-refractivity contribution is 0.414. The maximum absolute atomic E-state index is 13.0. The normalized spacial score (nSPS) is 15.2. The summed E-state index contributed by atoms with van der Waals surface area (Å²) in [5.41, 5.74) is 2.10. The second kappa shape index (κ2) is 5.62. The molecule has 0 bridgehead atoms. The molecule has 26 heavy (non-hydrogen) atoms. The van der Waals surface area contributed by atoms with Gasteiger partial charge in [0.05, 0.1) is 29.8 Å². The molecule has 0 radical (unpaired) electrons. The Labute approximate surface area is 148 Å². The molecule has 4 rings (SSSR count). The number of aromatic nitrogens is 3. The van der Waals surface area contributed by atoms with E-state index in [0.29, 0.717) is 23.0 Å². The summed E-state index contributed by atoms with van der Waals surface area (Å²) in [5, 5.41) is 7.09. The van der Waals surface area contributed by atoms with Gasteiger partial charge in [-0.25, -0.2) is 4.79 Å². The first-order valence-corrected chi connectivity index (χ1v) is 8.11. The van der Waals surface area contributed by atoms with Crippen molar-refractivity contribution in [2.24, 2.45) is 14.1 Å². The van der Waals surface area contributed by atoms with Crippen LogP contribution in [0.5, 0.6) is 5.75 Å². The van der Waals surface area contributed by atoms with Crippen LogP contribution in [0.1, 0.15) is 28.3 Å². The number of fused-ring (bicyclic) bond motifs is 2. The van der Waals surface area contributed by atoms with Crippen molar-refractivity contribution in [1.29, 1.82) is 0 Å². The molecule has 1 aromatic carbocycles. The van der Waals surface area contributed by atoms with Gasteiger partial charge in [0.1, 0.15) is 11.6 Å². The first-order chi connectivity index (χ1) is 12.4. The van der Waals surface area contributed by atoms with Crippen molar-refractivity contribution in [3.63, 3.8) is 0 Å². The van der Waals surface area contributed by atoms with Crippen LogP contribution in [0, 0.1) is 6.92 Å². The van der Waals surface area contributed by atoms with E-state index in [1.54, 1.807) is 14.2 Å². The van der Waals surface area contributed by atoms with Crippen LogP contribution in [0.3, 0.4) is 0 Å². The number of nitrogens with zero attached hydrogens (tertiary/aromatic N) is 3. The molecule has 134 valence electrons. The fourth-order valence-electron chi connectivity index (χ4n) is 3.47. The molecule has 3 aromatic rings. The molecule has 1 unspecified atom stereocenters. The Morgan fingerprint density at radius 3 is 2.46 bits per heavy atom. The average molecular weight is 354 g/mol. The Hall–Kier alpha value is -3.29. The lowest BCUT2D eigenvalue weighted by atomic mass is 9.83. The molecule has 0 saturated carbocycles. The highest BCUT2D eigenvalue weighted by molar-refractivity contribution is 5.70. The highest BCUT2D eigenvalue weighted by Gasteiger charge is 2.36. The van der Waals surface area contributed by atoms with E-state index in [9.17, 15) is 9.59 Å². The fraction of sp³-hybridized carbons (Fsp3) is 0.278. The highest BCUT2D eigenvalue weighted by Crippen LogP contribution is 2.44. The van der Waals surface area contributed by atoms with Gasteiger partial charge in [0.2, 0.25) is 5.88 Å². The van der Waals surface area contributed by atoms with Gasteiger partial charge in [-0.3, -0.25) is 13.9 Å². The zero-order valence-corrected chi connectivity index (χ0v) is 14.9. The van der Waals surface area contributed by atoms with E-state index in [4.69, 9.17) is 9.26 Å². The van der Waals surface area contributed by atoms with Gasteiger partial charge in [0.25, 0.3) is 5.56 Å². The van der Waals surface area contributed by atoms with Crippen LogP contribution in [0.4, 0.5) is 11.7 Å². The van der Waals surface area contributed by atoms with Crippen molar-refractivity contribution in [2.45, 2.75) is 12.8 Å². The van der Waals surface area contributed by atoms with E-state index in [1.807, 2.05) is 31.2 Å². The van der Waals surface area contributed by atoms with E-state index in [2.05, 4.69) is 10.5 Å². The molecule has 1 aliphatic heterocycles. The number of anilines is 2. The lowest BCUT2D eigenvalue weighted by Crippen LogP contribution is -2.42. The molecule has 1 atom stereocenters. The molecule has 1 N–H and O–H groups in total. The molecule has 0 aliphatic carbocycles. The highest BCUT2D eigenvalue weighted by atomic mass is 16.5. The molecule has 2 aromatic heterocycles. The number of hydrogen-bond donors (Lipinski definition) is 1. The molecular formula is C18H18N4O4. The SMILES string of the molecule is COc1ccc(C2c3c(C)noc3Nc3c2c(=O)n(C)c(=O)n3C)cc1. The molecular weight excluding hydrogens is 336 g/mol. The van der Waals surface area contributed by atoms with Gasteiger partial charge in [0, 0.05) is 14.1 Å². The third kappa shape index (κ3) is 2.11. The minimum Gasteiger partial charge on any atom is -0.497 e. The lowest BCUT2D eigenvalue weighted by Gasteiger charge is -2.27. The summed E-state index contributed by atoms with van der Waals surface area (Å²) in [6.07, 6.45) is 0. The standard InChI is InChI=1S/C18H18N4O4/c1-9-12-13(10-5-7-11(25-4)8-6-10)14-15(19-16(12)26-20-9)21(2)18(24)22(3)17(14)23/h5-8,13,19H,1-4H3. The summed E-state index contributed by atoms with van der Waals surface area (Å²) < 4.78 is 13.1. The molecule has 0 fully saturated rings. The second-order valence-corrected chi connectivity index (χ2v) is 6.31. The molecule has 8 nitrogen and oxygen atoms in total. The van der Waals surface area contributed by atoms with Crippen LogP contribution in [0.25, 0.3) is 0 Å². The number of nitrogens with one attached hydrogen (secondary N) is 1. The fourth-order valence-corrected chi connectivity index (χ4v) is 3.47. The molecule has 3 heterocycles. The number of methoxy groups -OCH3 is 1. The minimum absolute atomic E-state index is 0.345. The largest absolute Gasteiger partial charge is 0.497 e. The number of hydrogen-bond acceptors (Lipinski definition) is 6. The van der Waals surface area contributed by atoms with E-state index < -0.39 is 11.6 Å². The predicted octanol–water partition coefficient (Wildman–Crippen LogP) is 1.63. The van der Waals surface area contributed by atoms with Crippen molar-refractivity contribution in [3.8, 4) is 5.75 Å². The number of rotatable bonds is 2. The molecule has 0 amide bonds. The van der Waals surface area contributed by atoms with Gasteiger partial charge in [0.15, 0.2) is 0 Å². The maximum Gasteiger partial charge on any atom is 0.332 e. The van der Waals surface area contributed by atoms with Crippen molar-refractivity contribution in [1.82, 2.24) is 14.3 Å². The van der Waals surface area contributed by atoms with E-state index in [-0.39, 0.29) is 5.56 Å². The Balaban J connectivity index is 2.06. The molecule has 0 spiro atoms. The van der Waals surface area contributed by atoms with E-state index >= 15 is 0 Å². The summed E-state index contributed by atoms with van der Waals surface area (Å²) in [6.45, 7) is 1.83. The third-order valence-electron chi connectivity index (χ3n) is 4.87. The summed E-state index contributed by atoms with van der Waals surface area (Å²) in [5.74, 6) is 1.18. The van der Waals surface area contributed by atoms with Crippen molar-refractivity contribution < 1.29 is 9.26 Å². The van der Waals surface area contributed by atoms with Crippen LogP contribution in [-0.4, -0.2) is 21.4 Å². The van der Waals surface area contributed by atoms with Gasteiger partial charge >= 0.3 is 5.69 Å². The Kier molecular flexibility index (Phi) is 3.50. The molecule has 1 aliphatic rings. The number of ether oxygens (including phenoxy) is 1. The van der Waals surface area contributed by atoms with Crippen LogP contribution in [0.15, 0.2) is 38.4 Å². The van der Waals surface area contributed by atoms with Crippen LogP contribution in [0.2, 0.25) is 0 Å². The quantitative estimate of drug-likeness (QED) is 0.588. The van der Waals surface area contributed by atoms with Crippen molar-refractivity contribution >= 4 is 11.7 Å².